The van der Waals surface area contributed by atoms with Gasteiger partial charge in [-0.2, -0.15) is 0 Å². The van der Waals surface area contributed by atoms with Gasteiger partial charge in [-0.25, -0.2) is 4.98 Å². The predicted molar refractivity (Wildman–Crippen MR) is 74.6 cm³/mol. The van der Waals surface area contributed by atoms with Crippen molar-refractivity contribution in [2.75, 3.05) is 25.5 Å². The molecule has 104 valence electrons. The van der Waals surface area contributed by atoms with E-state index in [1.54, 1.807) is 31.0 Å². The number of hydrogen-bond acceptors (Lipinski definition) is 4. The number of likely N-dealkylation sites (tertiary alicyclic amines) is 1. The number of amides is 1. The number of carbonyl (C=O) groups excluding carboxylic acids is 1. The van der Waals surface area contributed by atoms with Gasteiger partial charge in [-0.05, 0) is 31.9 Å². The number of hydrogen-bond donors (Lipinski definition) is 2. The van der Waals surface area contributed by atoms with Crippen LogP contribution in [0, 0.1) is 0 Å². The number of piperidine rings is 1. The van der Waals surface area contributed by atoms with Gasteiger partial charge in [0.1, 0.15) is 11.0 Å². The molecule has 2 rings (SSSR count). The Kier molecular flexibility index (Phi) is 3.96. The molecule has 1 aliphatic rings. The van der Waals surface area contributed by atoms with Crippen molar-refractivity contribution >= 4 is 23.3 Å². The van der Waals surface area contributed by atoms with Gasteiger partial charge in [0.25, 0.3) is 5.91 Å². The molecule has 0 aliphatic carbocycles. The second kappa shape index (κ2) is 5.35. The molecule has 0 saturated carbocycles. The maximum Gasteiger partial charge on any atom is 0.254 e. The van der Waals surface area contributed by atoms with Crippen LogP contribution in [0.2, 0.25) is 5.15 Å². The SMILES string of the molecule is CNc1cc(C(=O)N2CCC(C)(O)CC2)cc(Cl)n1. The first-order valence-electron chi connectivity index (χ1n) is 6.28. The van der Waals surface area contributed by atoms with E-state index in [1.165, 1.54) is 0 Å². The third kappa shape index (κ3) is 3.36. The molecule has 0 spiro atoms. The summed E-state index contributed by atoms with van der Waals surface area (Å²) in [5.41, 5.74) is -0.145. The highest BCUT2D eigenvalue weighted by Crippen LogP contribution is 2.23. The van der Waals surface area contributed by atoms with Crippen molar-refractivity contribution in [1.82, 2.24) is 9.88 Å². The van der Waals surface area contributed by atoms with Crippen LogP contribution in [0.1, 0.15) is 30.1 Å². The molecule has 2 heterocycles. The van der Waals surface area contributed by atoms with Crippen LogP contribution in [0.25, 0.3) is 0 Å². The van der Waals surface area contributed by atoms with Crippen LogP contribution in [0.5, 0.6) is 0 Å². The Morgan fingerprint density at radius 3 is 2.68 bits per heavy atom. The quantitative estimate of drug-likeness (QED) is 0.812. The molecule has 0 radical (unpaired) electrons. The fraction of sp³-hybridized carbons (Fsp3) is 0.538. The summed E-state index contributed by atoms with van der Waals surface area (Å²) in [6, 6.07) is 3.25. The Morgan fingerprint density at radius 1 is 1.47 bits per heavy atom. The molecule has 1 fully saturated rings. The normalized spacial score (nSPS) is 18.2. The maximum atomic E-state index is 12.4. The van der Waals surface area contributed by atoms with Gasteiger partial charge in [0.2, 0.25) is 0 Å². The van der Waals surface area contributed by atoms with Gasteiger partial charge < -0.3 is 15.3 Å². The Balaban J connectivity index is 2.14. The summed E-state index contributed by atoms with van der Waals surface area (Å²) in [6.07, 6.45) is 1.19. The summed E-state index contributed by atoms with van der Waals surface area (Å²) < 4.78 is 0. The predicted octanol–water partition coefficient (Wildman–Crippen LogP) is 1.76. The van der Waals surface area contributed by atoms with E-state index in [0.717, 1.165) is 0 Å². The van der Waals surface area contributed by atoms with Gasteiger partial charge in [0, 0.05) is 25.7 Å². The molecule has 0 atom stereocenters. The first-order chi connectivity index (χ1) is 8.91. The van der Waals surface area contributed by atoms with Crippen molar-refractivity contribution in [3.05, 3.63) is 22.8 Å². The Labute approximate surface area is 117 Å². The standard InChI is InChI=1S/C13H18ClN3O2/c1-13(19)3-5-17(6-4-13)12(18)9-7-10(14)16-11(8-9)15-2/h7-8,19H,3-6H2,1-2H3,(H,15,16). The number of pyridine rings is 1. The summed E-state index contributed by atoms with van der Waals surface area (Å²) >= 11 is 5.90. The molecule has 19 heavy (non-hydrogen) atoms. The minimum absolute atomic E-state index is 0.0729. The van der Waals surface area contributed by atoms with Gasteiger partial charge in [0.15, 0.2) is 0 Å². The van der Waals surface area contributed by atoms with Crippen LogP contribution >= 0.6 is 11.6 Å². The van der Waals surface area contributed by atoms with E-state index in [4.69, 9.17) is 11.6 Å². The number of nitrogens with zero attached hydrogens (tertiary/aromatic N) is 2. The van der Waals surface area contributed by atoms with E-state index in [2.05, 4.69) is 10.3 Å². The molecule has 1 saturated heterocycles. The van der Waals surface area contributed by atoms with Crippen LogP contribution in [-0.4, -0.2) is 46.6 Å². The maximum absolute atomic E-state index is 12.4. The third-order valence-corrected chi connectivity index (χ3v) is 3.62. The first-order valence-corrected chi connectivity index (χ1v) is 6.66. The van der Waals surface area contributed by atoms with Crippen molar-refractivity contribution in [2.45, 2.75) is 25.4 Å². The molecular formula is C13H18ClN3O2. The summed E-state index contributed by atoms with van der Waals surface area (Å²) in [7, 11) is 1.73. The summed E-state index contributed by atoms with van der Waals surface area (Å²) in [5.74, 6) is 0.496. The van der Waals surface area contributed by atoms with Crippen molar-refractivity contribution in [3.8, 4) is 0 Å². The molecule has 2 N–H and O–H groups in total. The van der Waals surface area contributed by atoms with Gasteiger partial charge in [-0.15, -0.1) is 0 Å². The minimum atomic E-state index is -0.664. The number of carbonyl (C=O) groups is 1. The van der Waals surface area contributed by atoms with Crippen molar-refractivity contribution in [1.29, 1.82) is 0 Å². The zero-order valence-electron chi connectivity index (χ0n) is 11.1. The van der Waals surface area contributed by atoms with Gasteiger partial charge in [0.05, 0.1) is 5.60 Å². The zero-order valence-corrected chi connectivity index (χ0v) is 11.9. The van der Waals surface area contributed by atoms with Gasteiger partial charge >= 0.3 is 0 Å². The molecule has 1 amide bonds. The summed E-state index contributed by atoms with van der Waals surface area (Å²) in [4.78, 5) is 18.1. The Bertz CT molecular complexity index is 481. The number of aromatic nitrogens is 1. The molecule has 5 nitrogen and oxygen atoms in total. The average molecular weight is 284 g/mol. The van der Waals surface area contributed by atoms with Crippen molar-refractivity contribution in [2.24, 2.45) is 0 Å². The molecule has 1 aromatic heterocycles. The van der Waals surface area contributed by atoms with E-state index in [0.29, 0.717) is 42.5 Å². The second-order valence-corrected chi connectivity index (χ2v) is 5.49. The number of anilines is 1. The molecule has 0 bridgehead atoms. The lowest BCUT2D eigenvalue weighted by molar-refractivity contribution is -0.00202. The molecule has 1 aromatic rings. The Morgan fingerprint density at radius 2 is 2.11 bits per heavy atom. The van der Waals surface area contributed by atoms with E-state index >= 15 is 0 Å². The average Bonchev–Trinajstić information content (AvgIpc) is 2.37. The minimum Gasteiger partial charge on any atom is -0.390 e. The lowest BCUT2D eigenvalue weighted by Gasteiger charge is -2.35. The number of halogens is 1. The zero-order chi connectivity index (χ0) is 14.0. The molecule has 1 aliphatic heterocycles. The Hall–Kier alpha value is -1.33. The fourth-order valence-electron chi connectivity index (χ4n) is 2.12. The van der Waals surface area contributed by atoms with Crippen LogP contribution in [0.3, 0.4) is 0 Å². The summed E-state index contributed by atoms with van der Waals surface area (Å²) in [5, 5.41) is 13.1. The largest absolute Gasteiger partial charge is 0.390 e. The number of nitrogens with one attached hydrogen (secondary N) is 1. The smallest absolute Gasteiger partial charge is 0.254 e. The van der Waals surface area contributed by atoms with E-state index in [-0.39, 0.29) is 5.91 Å². The lowest BCUT2D eigenvalue weighted by Crippen LogP contribution is -2.45. The van der Waals surface area contributed by atoms with Crippen molar-refractivity contribution in [3.63, 3.8) is 0 Å². The third-order valence-electron chi connectivity index (χ3n) is 3.42. The fourth-order valence-corrected chi connectivity index (χ4v) is 2.33. The van der Waals surface area contributed by atoms with E-state index in [1.807, 2.05) is 0 Å². The molecule has 0 aromatic carbocycles. The number of aliphatic hydroxyl groups is 1. The van der Waals surface area contributed by atoms with E-state index in [9.17, 15) is 9.90 Å². The first kappa shape index (κ1) is 14.1. The molecule has 6 heteroatoms. The second-order valence-electron chi connectivity index (χ2n) is 5.10. The number of rotatable bonds is 2. The van der Waals surface area contributed by atoms with Gasteiger partial charge in [-0.3, -0.25) is 4.79 Å². The topological polar surface area (TPSA) is 65.5 Å². The highest BCUT2D eigenvalue weighted by atomic mass is 35.5. The van der Waals surface area contributed by atoms with Crippen LogP contribution in [-0.2, 0) is 0 Å². The van der Waals surface area contributed by atoms with Crippen LogP contribution < -0.4 is 5.32 Å². The molecule has 0 unspecified atom stereocenters. The lowest BCUT2D eigenvalue weighted by atomic mass is 9.93. The van der Waals surface area contributed by atoms with Crippen LogP contribution in [0.15, 0.2) is 12.1 Å². The molecular weight excluding hydrogens is 266 g/mol. The van der Waals surface area contributed by atoms with Crippen LogP contribution in [0.4, 0.5) is 5.82 Å². The van der Waals surface area contributed by atoms with Crippen molar-refractivity contribution < 1.29 is 9.90 Å². The highest BCUT2D eigenvalue weighted by molar-refractivity contribution is 6.29. The highest BCUT2D eigenvalue weighted by Gasteiger charge is 2.30. The summed E-state index contributed by atoms with van der Waals surface area (Å²) in [6.45, 7) is 2.92. The van der Waals surface area contributed by atoms with E-state index < -0.39 is 5.60 Å². The van der Waals surface area contributed by atoms with Gasteiger partial charge in [-0.1, -0.05) is 11.6 Å². The monoisotopic (exact) mass is 283 g/mol.